The zero-order chi connectivity index (χ0) is 19.4. The van der Waals surface area contributed by atoms with E-state index in [1.807, 2.05) is 18.2 Å². The second kappa shape index (κ2) is 8.12. The van der Waals surface area contributed by atoms with Crippen molar-refractivity contribution < 1.29 is 27.1 Å². The Bertz CT molecular complexity index is 908. The molecular formula is C18H22N2O6S. The molecule has 2 heterocycles. The Morgan fingerprint density at radius 2 is 2.07 bits per heavy atom. The van der Waals surface area contributed by atoms with Crippen molar-refractivity contribution in [1.82, 2.24) is 9.62 Å². The molecule has 3 rings (SSSR count). The number of ether oxygens (including phenoxy) is 2. The topological polar surface area (TPSA) is 98.1 Å². The number of hydrogen-bond donors (Lipinski definition) is 1. The van der Waals surface area contributed by atoms with Gasteiger partial charge < -0.3 is 19.2 Å². The maximum atomic E-state index is 13.2. The summed E-state index contributed by atoms with van der Waals surface area (Å²) in [5, 5.41) is 2.93. The molecule has 146 valence electrons. The summed E-state index contributed by atoms with van der Waals surface area (Å²) in [5.41, 5.74) is 0.757. The minimum atomic E-state index is -3.95. The molecule has 1 N–H and O–H groups in total. The van der Waals surface area contributed by atoms with Crippen LogP contribution in [0.25, 0.3) is 0 Å². The van der Waals surface area contributed by atoms with E-state index in [9.17, 15) is 13.2 Å². The van der Waals surface area contributed by atoms with E-state index in [1.165, 1.54) is 16.4 Å². The molecule has 8 nitrogen and oxygen atoms in total. The predicted octanol–water partition coefficient (Wildman–Crippen LogP) is 1.80. The Morgan fingerprint density at radius 1 is 1.30 bits per heavy atom. The SMILES string of the molecule is CCOC(=O)c1ccc(S(=O)(=O)N2CCNCC2c2ccccc2OC)o1. The Labute approximate surface area is 158 Å². The highest BCUT2D eigenvalue weighted by Gasteiger charge is 2.37. The normalized spacial score (nSPS) is 18.2. The number of nitrogens with zero attached hydrogens (tertiary/aromatic N) is 1. The van der Waals surface area contributed by atoms with Gasteiger partial charge in [0.05, 0.1) is 19.8 Å². The maximum absolute atomic E-state index is 13.2. The fourth-order valence-corrected chi connectivity index (χ4v) is 4.59. The second-order valence-electron chi connectivity index (χ2n) is 5.92. The van der Waals surface area contributed by atoms with Gasteiger partial charge in [0.1, 0.15) is 5.75 Å². The molecule has 27 heavy (non-hydrogen) atoms. The van der Waals surface area contributed by atoms with Crippen molar-refractivity contribution >= 4 is 16.0 Å². The molecule has 1 aromatic carbocycles. The highest BCUT2D eigenvalue weighted by atomic mass is 32.2. The summed E-state index contributed by atoms with van der Waals surface area (Å²) in [4.78, 5) is 11.8. The molecule has 2 aromatic rings. The van der Waals surface area contributed by atoms with Crippen molar-refractivity contribution in [2.45, 2.75) is 18.1 Å². The average Bonchev–Trinajstić information content (AvgIpc) is 3.19. The number of carbonyl (C=O) groups excluding carboxylic acids is 1. The minimum Gasteiger partial charge on any atom is -0.496 e. The highest BCUT2D eigenvalue weighted by Crippen LogP contribution is 2.34. The van der Waals surface area contributed by atoms with Crippen molar-refractivity contribution in [3.05, 3.63) is 47.7 Å². The van der Waals surface area contributed by atoms with Crippen LogP contribution >= 0.6 is 0 Å². The molecule has 1 saturated heterocycles. The van der Waals surface area contributed by atoms with Gasteiger partial charge in [-0.25, -0.2) is 13.2 Å². The molecule has 0 radical (unpaired) electrons. The van der Waals surface area contributed by atoms with Crippen LogP contribution in [0.5, 0.6) is 5.75 Å². The van der Waals surface area contributed by atoms with E-state index in [2.05, 4.69) is 5.32 Å². The number of sulfonamides is 1. The molecule has 0 spiro atoms. The van der Waals surface area contributed by atoms with Crippen LogP contribution in [-0.4, -0.2) is 52.0 Å². The highest BCUT2D eigenvalue weighted by molar-refractivity contribution is 7.89. The number of hydrogen-bond acceptors (Lipinski definition) is 7. The van der Waals surface area contributed by atoms with Crippen molar-refractivity contribution in [3.63, 3.8) is 0 Å². The number of carbonyl (C=O) groups is 1. The van der Waals surface area contributed by atoms with Gasteiger partial charge in [0.15, 0.2) is 0 Å². The van der Waals surface area contributed by atoms with E-state index in [4.69, 9.17) is 13.9 Å². The van der Waals surface area contributed by atoms with E-state index in [0.29, 0.717) is 18.8 Å². The van der Waals surface area contributed by atoms with E-state index in [-0.39, 0.29) is 24.0 Å². The van der Waals surface area contributed by atoms with Gasteiger partial charge in [-0.1, -0.05) is 18.2 Å². The second-order valence-corrected chi connectivity index (χ2v) is 7.74. The Balaban J connectivity index is 1.95. The number of furan rings is 1. The first-order valence-corrected chi connectivity index (χ1v) is 10.1. The number of esters is 1. The molecule has 1 aliphatic rings. The Morgan fingerprint density at radius 3 is 2.81 bits per heavy atom. The summed E-state index contributed by atoms with van der Waals surface area (Å²) < 4.78 is 43.3. The van der Waals surface area contributed by atoms with Gasteiger partial charge in [-0.05, 0) is 25.1 Å². The molecule has 1 aromatic heterocycles. The van der Waals surface area contributed by atoms with Gasteiger partial charge >= 0.3 is 5.97 Å². The molecule has 9 heteroatoms. The lowest BCUT2D eigenvalue weighted by Gasteiger charge is -2.35. The first kappa shape index (κ1) is 19.4. The molecule has 1 fully saturated rings. The summed E-state index contributed by atoms with van der Waals surface area (Å²) >= 11 is 0. The fourth-order valence-electron chi connectivity index (χ4n) is 3.07. The summed E-state index contributed by atoms with van der Waals surface area (Å²) in [6.07, 6.45) is 0. The lowest BCUT2D eigenvalue weighted by molar-refractivity contribution is 0.0483. The monoisotopic (exact) mass is 394 g/mol. The third-order valence-corrected chi connectivity index (χ3v) is 6.10. The molecular weight excluding hydrogens is 372 g/mol. The molecule has 1 aliphatic heterocycles. The molecule has 0 bridgehead atoms. The van der Waals surface area contributed by atoms with Crippen LogP contribution in [0, 0.1) is 0 Å². The van der Waals surface area contributed by atoms with Crippen LogP contribution in [0.15, 0.2) is 45.9 Å². The third-order valence-electron chi connectivity index (χ3n) is 4.31. The number of nitrogens with one attached hydrogen (secondary N) is 1. The maximum Gasteiger partial charge on any atom is 0.374 e. The molecule has 0 amide bonds. The third kappa shape index (κ3) is 3.85. The minimum absolute atomic E-state index is 0.139. The van der Waals surface area contributed by atoms with Crippen LogP contribution in [0.4, 0.5) is 0 Å². The quantitative estimate of drug-likeness (QED) is 0.746. The van der Waals surface area contributed by atoms with Crippen LogP contribution in [0.2, 0.25) is 0 Å². The average molecular weight is 394 g/mol. The van der Waals surface area contributed by atoms with Crippen LogP contribution < -0.4 is 10.1 Å². The summed E-state index contributed by atoms with van der Waals surface area (Å²) in [6, 6.07) is 9.43. The smallest absolute Gasteiger partial charge is 0.374 e. The Kier molecular flexibility index (Phi) is 5.83. The standard InChI is InChI=1S/C18H22N2O6S/c1-3-25-18(21)16-8-9-17(26-16)27(22,23)20-11-10-19-12-14(20)13-6-4-5-7-15(13)24-2/h4-9,14,19H,3,10-12H2,1-2H3. The van der Waals surface area contributed by atoms with Crippen molar-refractivity contribution in [1.29, 1.82) is 0 Å². The molecule has 1 atom stereocenters. The van der Waals surface area contributed by atoms with Gasteiger partial charge in [-0.15, -0.1) is 0 Å². The van der Waals surface area contributed by atoms with Crippen LogP contribution in [0.1, 0.15) is 29.1 Å². The largest absolute Gasteiger partial charge is 0.496 e. The number of para-hydroxylation sites is 1. The number of benzene rings is 1. The number of piperazine rings is 1. The summed E-state index contributed by atoms with van der Waals surface area (Å²) in [5.74, 6) is -0.224. The van der Waals surface area contributed by atoms with E-state index in [0.717, 1.165) is 5.56 Å². The first-order valence-electron chi connectivity index (χ1n) is 8.61. The lowest BCUT2D eigenvalue weighted by Crippen LogP contribution is -2.48. The van der Waals surface area contributed by atoms with Crippen molar-refractivity contribution in [2.75, 3.05) is 33.4 Å². The lowest BCUT2D eigenvalue weighted by atomic mass is 10.0. The molecule has 0 saturated carbocycles. The zero-order valence-electron chi connectivity index (χ0n) is 15.2. The van der Waals surface area contributed by atoms with E-state index >= 15 is 0 Å². The van der Waals surface area contributed by atoms with Crippen LogP contribution in [0.3, 0.4) is 0 Å². The first-order chi connectivity index (χ1) is 13.0. The van der Waals surface area contributed by atoms with Crippen molar-refractivity contribution in [2.24, 2.45) is 0 Å². The van der Waals surface area contributed by atoms with E-state index < -0.39 is 22.0 Å². The summed E-state index contributed by atoms with van der Waals surface area (Å²) in [6.45, 7) is 3.05. The summed E-state index contributed by atoms with van der Waals surface area (Å²) in [7, 11) is -2.40. The fraction of sp³-hybridized carbons (Fsp3) is 0.389. The van der Waals surface area contributed by atoms with Gasteiger partial charge in [0, 0.05) is 25.2 Å². The van der Waals surface area contributed by atoms with Crippen LogP contribution in [-0.2, 0) is 14.8 Å². The van der Waals surface area contributed by atoms with Gasteiger partial charge in [0.2, 0.25) is 10.9 Å². The molecule has 0 aliphatic carbocycles. The van der Waals surface area contributed by atoms with E-state index in [1.54, 1.807) is 20.1 Å². The van der Waals surface area contributed by atoms with Gasteiger partial charge in [-0.2, -0.15) is 4.31 Å². The Hall–Kier alpha value is -2.36. The zero-order valence-corrected chi connectivity index (χ0v) is 16.0. The van der Waals surface area contributed by atoms with Crippen molar-refractivity contribution in [3.8, 4) is 5.75 Å². The predicted molar refractivity (Wildman–Crippen MR) is 97.2 cm³/mol. The number of rotatable bonds is 6. The van der Waals surface area contributed by atoms with Gasteiger partial charge in [0.25, 0.3) is 10.0 Å². The molecule has 1 unspecified atom stereocenters. The number of methoxy groups -OCH3 is 1. The van der Waals surface area contributed by atoms with Gasteiger partial charge in [-0.3, -0.25) is 0 Å².